The fourth-order valence-corrected chi connectivity index (χ4v) is 2.51. The van der Waals surface area contributed by atoms with Crippen molar-refractivity contribution in [2.45, 2.75) is 12.8 Å². The van der Waals surface area contributed by atoms with Crippen LogP contribution in [0.3, 0.4) is 0 Å². The summed E-state index contributed by atoms with van der Waals surface area (Å²) in [7, 11) is 1.46. The molecule has 1 aromatic rings. The summed E-state index contributed by atoms with van der Waals surface area (Å²) in [5.41, 5.74) is 5.51. The number of nitro benzene ring substituents is 1. The highest BCUT2D eigenvalue weighted by Gasteiger charge is 2.28. The summed E-state index contributed by atoms with van der Waals surface area (Å²) in [6.45, 7) is 1.77. The minimum Gasteiger partial charge on any atom is -0.497 e. The van der Waals surface area contributed by atoms with Crippen molar-refractivity contribution in [2.24, 2.45) is 11.7 Å². The number of likely N-dealkylation sites (tertiary alicyclic amines) is 1. The molecular weight excluding hydrogens is 274 g/mol. The monoisotopic (exact) mass is 293 g/mol. The molecule has 1 amide bonds. The first-order valence-electron chi connectivity index (χ1n) is 6.88. The summed E-state index contributed by atoms with van der Waals surface area (Å²) in [4.78, 5) is 24.7. The zero-order chi connectivity index (χ0) is 15.4. The van der Waals surface area contributed by atoms with Crippen molar-refractivity contribution in [1.82, 2.24) is 4.90 Å². The van der Waals surface area contributed by atoms with Crippen LogP contribution in [0, 0.1) is 16.0 Å². The molecule has 1 fully saturated rings. The predicted molar refractivity (Wildman–Crippen MR) is 77.3 cm³/mol. The Balaban J connectivity index is 2.23. The lowest BCUT2D eigenvalue weighted by molar-refractivity contribution is -0.385. The van der Waals surface area contributed by atoms with E-state index in [2.05, 4.69) is 0 Å². The van der Waals surface area contributed by atoms with Crippen LogP contribution >= 0.6 is 0 Å². The van der Waals surface area contributed by atoms with Gasteiger partial charge in [-0.05, 0) is 37.4 Å². The Hall–Kier alpha value is -2.15. The Kier molecular flexibility index (Phi) is 4.74. The molecule has 114 valence electrons. The van der Waals surface area contributed by atoms with Gasteiger partial charge in [0.05, 0.1) is 12.0 Å². The van der Waals surface area contributed by atoms with E-state index in [1.807, 2.05) is 0 Å². The summed E-state index contributed by atoms with van der Waals surface area (Å²) in [6.07, 6.45) is 1.67. The molecule has 0 aromatic heterocycles. The molecule has 7 nitrogen and oxygen atoms in total. The maximum atomic E-state index is 12.5. The van der Waals surface area contributed by atoms with E-state index in [-0.39, 0.29) is 17.2 Å². The smallest absolute Gasteiger partial charge is 0.282 e. The van der Waals surface area contributed by atoms with Crippen LogP contribution in [0.5, 0.6) is 5.75 Å². The Morgan fingerprint density at radius 2 is 2.14 bits per heavy atom. The molecule has 2 N–H and O–H groups in total. The van der Waals surface area contributed by atoms with Crippen LogP contribution in [-0.4, -0.2) is 42.5 Å². The second-order valence-corrected chi connectivity index (χ2v) is 5.11. The lowest BCUT2D eigenvalue weighted by atomic mass is 9.96. The molecule has 1 aromatic carbocycles. The standard InChI is InChI=1S/C14H19N3O4/c1-21-11-2-3-13(17(19)20)12(8-11)14(18)16-6-4-10(9-15)5-7-16/h2-3,8,10H,4-7,9,15H2,1H3. The van der Waals surface area contributed by atoms with E-state index < -0.39 is 4.92 Å². The maximum Gasteiger partial charge on any atom is 0.282 e. The van der Waals surface area contributed by atoms with Crippen molar-refractivity contribution in [2.75, 3.05) is 26.7 Å². The van der Waals surface area contributed by atoms with E-state index >= 15 is 0 Å². The summed E-state index contributed by atoms with van der Waals surface area (Å²) in [6, 6.07) is 4.21. The SMILES string of the molecule is COc1ccc([N+](=O)[O-])c(C(=O)N2CCC(CN)CC2)c1. The molecule has 0 atom stereocenters. The van der Waals surface area contributed by atoms with Crippen molar-refractivity contribution >= 4 is 11.6 Å². The summed E-state index contributed by atoms with van der Waals surface area (Å²) < 4.78 is 5.05. The molecule has 21 heavy (non-hydrogen) atoms. The predicted octanol–water partition coefficient (Wildman–Crippen LogP) is 1.41. The molecule has 0 bridgehead atoms. The largest absolute Gasteiger partial charge is 0.497 e. The second kappa shape index (κ2) is 6.53. The van der Waals surface area contributed by atoms with Crippen LogP contribution in [0.15, 0.2) is 18.2 Å². The van der Waals surface area contributed by atoms with Crippen LogP contribution in [0.1, 0.15) is 23.2 Å². The summed E-state index contributed by atoms with van der Waals surface area (Å²) in [5, 5.41) is 11.1. The van der Waals surface area contributed by atoms with E-state index in [1.54, 1.807) is 4.90 Å². The lowest BCUT2D eigenvalue weighted by Gasteiger charge is -2.31. The third kappa shape index (κ3) is 3.30. The molecule has 0 radical (unpaired) electrons. The van der Waals surface area contributed by atoms with Crippen LogP contribution in [0.25, 0.3) is 0 Å². The third-order valence-corrected chi connectivity index (χ3v) is 3.87. The normalized spacial score (nSPS) is 15.8. The lowest BCUT2D eigenvalue weighted by Crippen LogP contribution is -2.40. The van der Waals surface area contributed by atoms with Gasteiger partial charge in [0, 0.05) is 19.2 Å². The zero-order valence-corrected chi connectivity index (χ0v) is 11.9. The summed E-state index contributed by atoms with van der Waals surface area (Å²) in [5.74, 6) is 0.534. The van der Waals surface area contributed by atoms with Crippen molar-refractivity contribution in [3.8, 4) is 5.75 Å². The summed E-state index contributed by atoms with van der Waals surface area (Å²) >= 11 is 0. The molecule has 0 saturated carbocycles. The van der Waals surface area contributed by atoms with Crippen LogP contribution in [0.2, 0.25) is 0 Å². The molecule has 0 spiro atoms. The maximum absolute atomic E-state index is 12.5. The minimum atomic E-state index is -0.542. The van der Waals surface area contributed by atoms with Gasteiger partial charge in [0.2, 0.25) is 0 Å². The molecule has 0 unspecified atom stereocenters. The van der Waals surface area contributed by atoms with Crippen molar-refractivity contribution in [3.05, 3.63) is 33.9 Å². The van der Waals surface area contributed by atoms with E-state index in [4.69, 9.17) is 10.5 Å². The quantitative estimate of drug-likeness (QED) is 0.668. The van der Waals surface area contributed by atoms with Crippen molar-refractivity contribution < 1.29 is 14.5 Å². The van der Waals surface area contributed by atoms with Gasteiger partial charge in [0.1, 0.15) is 11.3 Å². The molecule has 7 heteroatoms. The first-order chi connectivity index (χ1) is 10.1. The van der Waals surface area contributed by atoms with Gasteiger partial charge in [-0.2, -0.15) is 0 Å². The van der Waals surface area contributed by atoms with Gasteiger partial charge in [0.25, 0.3) is 11.6 Å². The Labute approximate surface area is 122 Å². The van der Waals surface area contributed by atoms with E-state index in [9.17, 15) is 14.9 Å². The van der Waals surface area contributed by atoms with E-state index in [1.165, 1.54) is 25.3 Å². The van der Waals surface area contributed by atoms with Gasteiger partial charge in [-0.25, -0.2) is 0 Å². The molecule has 1 heterocycles. The van der Waals surface area contributed by atoms with Crippen LogP contribution in [0.4, 0.5) is 5.69 Å². The number of ether oxygens (including phenoxy) is 1. The molecule has 1 aliphatic heterocycles. The highest BCUT2D eigenvalue weighted by molar-refractivity contribution is 5.98. The fourth-order valence-electron chi connectivity index (χ4n) is 2.51. The third-order valence-electron chi connectivity index (χ3n) is 3.87. The number of carbonyl (C=O) groups is 1. The number of hydrogen-bond donors (Lipinski definition) is 1. The average molecular weight is 293 g/mol. The number of benzene rings is 1. The zero-order valence-electron chi connectivity index (χ0n) is 11.9. The number of nitrogens with two attached hydrogens (primary N) is 1. The highest BCUT2D eigenvalue weighted by Crippen LogP contribution is 2.27. The van der Waals surface area contributed by atoms with Gasteiger partial charge in [-0.15, -0.1) is 0 Å². The number of nitro groups is 1. The number of amides is 1. The fraction of sp³-hybridized carbons (Fsp3) is 0.500. The molecule has 0 aliphatic carbocycles. The average Bonchev–Trinajstić information content (AvgIpc) is 2.53. The topological polar surface area (TPSA) is 98.7 Å². The number of carbonyl (C=O) groups excluding carboxylic acids is 1. The molecule has 2 rings (SSSR count). The number of methoxy groups -OCH3 is 1. The van der Waals surface area contributed by atoms with Gasteiger partial charge in [-0.1, -0.05) is 0 Å². The Bertz CT molecular complexity index is 539. The molecule has 1 saturated heterocycles. The Morgan fingerprint density at radius 3 is 2.67 bits per heavy atom. The first kappa shape index (κ1) is 15.2. The second-order valence-electron chi connectivity index (χ2n) is 5.11. The van der Waals surface area contributed by atoms with Gasteiger partial charge >= 0.3 is 0 Å². The van der Waals surface area contributed by atoms with Gasteiger partial charge in [0.15, 0.2) is 0 Å². The van der Waals surface area contributed by atoms with Crippen molar-refractivity contribution in [1.29, 1.82) is 0 Å². The minimum absolute atomic E-state index is 0.0746. The van der Waals surface area contributed by atoms with E-state index in [0.29, 0.717) is 31.3 Å². The number of nitrogens with zero attached hydrogens (tertiary/aromatic N) is 2. The molecule has 1 aliphatic rings. The highest BCUT2D eigenvalue weighted by atomic mass is 16.6. The number of piperidine rings is 1. The number of rotatable bonds is 4. The first-order valence-corrected chi connectivity index (χ1v) is 6.88. The number of hydrogen-bond acceptors (Lipinski definition) is 5. The van der Waals surface area contributed by atoms with Crippen molar-refractivity contribution in [3.63, 3.8) is 0 Å². The van der Waals surface area contributed by atoms with Crippen LogP contribution in [-0.2, 0) is 0 Å². The van der Waals surface area contributed by atoms with Gasteiger partial charge in [-0.3, -0.25) is 14.9 Å². The Morgan fingerprint density at radius 1 is 1.48 bits per heavy atom. The molecular formula is C14H19N3O4. The van der Waals surface area contributed by atoms with Gasteiger partial charge < -0.3 is 15.4 Å². The van der Waals surface area contributed by atoms with Crippen LogP contribution < -0.4 is 10.5 Å². The van der Waals surface area contributed by atoms with E-state index in [0.717, 1.165) is 12.8 Å².